The van der Waals surface area contributed by atoms with Crippen LogP contribution in [0.2, 0.25) is 30.1 Å². The second-order valence-electron chi connectivity index (χ2n) is 20.4. The van der Waals surface area contributed by atoms with E-state index in [1.54, 1.807) is 5.43 Å². The molecular weight excluding hydrogens is 1570 g/mol. The quantitative estimate of drug-likeness (QED) is 0.0222. The van der Waals surface area contributed by atoms with Gasteiger partial charge in [0.05, 0.1) is 89.7 Å². The molecule has 23 nitrogen and oxygen atoms in total. The fourth-order valence-corrected chi connectivity index (χ4v) is 11.9. The average Bonchev–Trinajstić information content (AvgIpc) is 1.62. The number of carbonyl (C=O) groups excluding carboxylic acids is 3. The monoisotopic (exact) mass is 1600 g/mol. The summed E-state index contributed by atoms with van der Waals surface area (Å²) in [5.74, 6) is -1.17. The Bertz CT molecular complexity index is 5330. The Labute approximate surface area is 611 Å². The van der Waals surface area contributed by atoms with E-state index in [0.717, 1.165) is 48.1 Å². The summed E-state index contributed by atoms with van der Waals surface area (Å²) in [6, 6.07) is 28.0. The first-order valence-electron chi connectivity index (χ1n) is 28.3. The molecule has 3 amide bonds. The van der Waals surface area contributed by atoms with Crippen LogP contribution in [-0.4, -0.2) is 84.8 Å². The number of nitrogens with one attached hydrogen (secondary N) is 3. The van der Waals surface area contributed by atoms with Gasteiger partial charge in [0.2, 0.25) is 6.41 Å². The van der Waals surface area contributed by atoms with Crippen molar-refractivity contribution >= 4 is 106 Å². The van der Waals surface area contributed by atoms with Gasteiger partial charge in [-0.25, -0.2) is 33.1 Å². The van der Waals surface area contributed by atoms with Gasteiger partial charge in [0, 0.05) is 15.1 Å². The summed E-state index contributed by atoms with van der Waals surface area (Å²) < 4.78 is 189. The molecule has 0 saturated carbocycles. The lowest BCUT2D eigenvalue weighted by molar-refractivity contribution is -0.143. The molecule has 6 N–H and O–H groups in total. The van der Waals surface area contributed by atoms with Gasteiger partial charge in [0.15, 0.2) is 39.4 Å². The third kappa shape index (κ3) is 16.2. The average molecular weight is 1600 g/mol. The number of hydrogen-bond acceptors (Lipinski definition) is 17. The van der Waals surface area contributed by atoms with Gasteiger partial charge in [-0.05, 0) is 91.0 Å². The van der Waals surface area contributed by atoms with Gasteiger partial charge < -0.3 is 18.7 Å². The van der Waals surface area contributed by atoms with Gasteiger partial charge in [0.25, 0.3) is 18.3 Å². The first-order chi connectivity index (χ1) is 49.9. The van der Waals surface area contributed by atoms with Crippen molar-refractivity contribution in [3.63, 3.8) is 0 Å². The highest BCUT2D eigenvalue weighted by Gasteiger charge is 2.45. The van der Waals surface area contributed by atoms with Crippen molar-refractivity contribution in [1.29, 1.82) is 0 Å². The number of carboxylic acid groups (broad SMARTS) is 1. The van der Waals surface area contributed by atoms with Crippen LogP contribution in [0.25, 0.3) is 95.4 Å². The summed E-state index contributed by atoms with van der Waals surface area (Å²) in [5, 5.41) is 37.6. The highest BCUT2D eigenvalue weighted by atomic mass is 35.5. The predicted octanol–water partition coefficient (Wildman–Crippen LogP) is 17.2. The minimum atomic E-state index is -4.99. The van der Waals surface area contributed by atoms with E-state index in [9.17, 15) is 67.1 Å². The largest absolute Gasteiger partial charge is 0.483 e. The third-order valence-electron chi connectivity index (χ3n) is 14.1. The number of nitrogen functional groups attached to an aromatic ring is 1. The Kier molecular flexibility index (Phi) is 23.2. The van der Waals surface area contributed by atoms with Gasteiger partial charge in [-0.3, -0.25) is 35.5 Å². The van der Waals surface area contributed by atoms with E-state index in [0.29, 0.717) is 14.0 Å². The van der Waals surface area contributed by atoms with E-state index in [1.165, 1.54) is 115 Å². The zero-order valence-corrected chi connectivity index (χ0v) is 56.5. The maximum atomic E-state index is 14.7. The molecule has 0 atom stereocenters. The van der Waals surface area contributed by atoms with E-state index in [2.05, 4.69) is 41.0 Å². The lowest BCUT2D eigenvalue weighted by atomic mass is 10.0. The Morgan fingerprint density at radius 2 is 0.838 bits per heavy atom. The van der Waals surface area contributed by atoms with Gasteiger partial charge >= 0.3 is 18.5 Å². The standard InChI is InChI=1S/C21H11Cl2F4N5O3.C21H9Cl2F4N5OS.C20H11Cl2F4N5O2.CH2O2/c22-10-3-1-4-11(7-10)32-19(21(25,26)27)12(8-29-32)18-16(20(34)30-28-9-33)17(31-35-18)15-13(23)5-2-6-14(15)24;22-10-3-1-4-11(7-10)32-19(21(25,26)27)12(8-29-32)18-16(20-30-28-9-34-20)17(31-33-18)15-13(23)5-2-6-14(15)24;21-9-3-1-4-10(7-9)31-18(20(24,25)26)11(8-28-31)17-15(19(32)29-27)16(30-33-17)14-12(22)5-2-6-13(14)23;2-1-3/h1-9H,(H,28,33)(H,30,34);1-9H;1-8H,27H2,(H,29,32);1H,(H,2,3). The maximum absolute atomic E-state index is 14.7. The van der Waals surface area contributed by atoms with Gasteiger partial charge in [-0.1, -0.05) is 133 Å². The van der Waals surface area contributed by atoms with Crippen LogP contribution in [0.4, 0.5) is 52.7 Å². The van der Waals surface area contributed by atoms with Crippen LogP contribution in [0.15, 0.2) is 165 Å². The number of nitrogens with zero attached hydrogens (tertiary/aromatic N) is 11. The zero-order valence-electron chi connectivity index (χ0n) is 51.1. The molecule has 0 bridgehead atoms. The van der Waals surface area contributed by atoms with Crippen molar-refractivity contribution in [3.05, 3.63) is 227 Å². The molecule has 0 aliphatic carbocycles. The smallest absolute Gasteiger partial charge is 0.434 e. The number of aromatic nitrogens is 11. The van der Waals surface area contributed by atoms with Crippen LogP contribution in [0.5, 0.6) is 0 Å². The number of rotatable bonds is 14. The maximum Gasteiger partial charge on any atom is 0.434 e. The van der Waals surface area contributed by atoms with Crippen LogP contribution in [0.3, 0.4) is 0 Å². The molecule has 6 aromatic carbocycles. The molecule has 105 heavy (non-hydrogen) atoms. The number of carbonyl (C=O) groups is 4. The molecule has 0 saturated heterocycles. The van der Waals surface area contributed by atoms with Crippen LogP contribution < -0.4 is 22.1 Å². The van der Waals surface area contributed by atoms with Crippen LogP contribution in [0.1, 0.15) is 37.8 Å². The van der Waals surface area contributed by atoms with Crippen molar-refractivity contribution in [2.45, 2.75) is 18.5 Å². The van der Waals surface area contributed by atoms with Crippen LogP contribution >= 0.6 is 80.9 Å². The Balaban J connectivity index is 0.000000166. The second kappa shape index (κ2) is 31.9. The van der Waals surface area contributed by atoms with Crippen LogP contribution in [0, 0.1) is 17.5 Å². The SMILES string of the molecule is Fc1cccc(Cl)c1-c1noc(-c2cnn(-c3cccc(Cl)c3)c2C(F)(F)F)c1-c1nncs1.NNC(=O)c1c(-c2c(F)cccc2Cl)noc1-c1cnn(-c2cccc(Cl)c2)c1C(F)(F)F.O=CNNC(=O)c1c(-c2c(F)cccc2Cl)noc1-c1cnn(-c2cccc(Cl)c2)c1C(F)(F)F.O=CO. The fraction of sp³-hybridized carbons (Fsp3) is 0.0476. The third-order valence-corrected chi connectivity index (χ3v) is 16.4. The molecule has 42 heteroatoms. The predicted molar refractivity (Wildman–Crippen MR) is 354 cm³/mol. The second-order valence-corrected chi connectivity index (χ2v) is 23.8. The molecule has 0 spiro atoms. The molecule has 0 fully saturated rings. The topological polar surface area (TPSA) is 308 Å². The molecule has 7 heterocycles. The summed E-state index contributed by atoms with van der Waals surface area (Å²) in [6.07, 6.45) is -12.1. The molecular formula is C63H33Cl6F12N15O8S. The summed E-state index contributed by atoms with van der Waals surface area (Å²) in [7, 11) is 0. The first kappa shape index (κ1) is 76.5. The van der Waals surface area contributed by atoms with Gasteiger partial charge in [-0.2, -0.15) is 54.8 Å². The number of hydrazine groups is 2. The Hall–Kier alpha value is -11.1. The Morgan fingerprint density at radius 1 is 0.495 bits per heavy atom. The molecule has 0 unspecified atom stereocenters. The summed E-state index contributed by atoms with van der Waals surface area (Å²) in [5.41, 5.74) is -1.50. The normalized spacial score (nSPS) is 11.4. The van der Waals surface area contributed by atoms with E-state index in [4.69, 9.17) is 98.9 Å². The molecule has 0 radical (unpaired) electrons. The summed E-state index contributed by atoms with van der Waals surface area (Å²) in [6.45, 7) is -0.250. The number of nitrogens with two attached hydrogens (primary N) is 1. The molecule has 0 aliphatic rings. The number of amides is 3. The van der Waals surface area contributed by atoms with Crippen molar-refractivity contribution in [2.24, 2.45) is 5.84 Å². The van der Waals surface area contributed by atoms with Gasteiger partial charge in [0.1, 0.15) is 51.2 Å². The Morgan fingerprint density at radius 3 is 1.17 bits per heavy atom. The molecule has 13 rings (SSSR count). The number of hydrogen-bond donors (Lipinski definition) is 5. The van der Waals surface area contributed by atoms with Crippen molar-refractivity contribution in [1.82, 2.24) is 71.3 Å². The van der Waals surface area contributed by atoms with E-state index < -0.39 is 121 Å². The summed E-state index contributed by atoms with van der Waals surface area (Å²) >= 11 is 37.1. The summed E-state index contributed by atoms with van der Waals surface area (Å²) in [4.78, 5) is 44.4. The van der Waals surface area contributed by atoms with E-state index in [-0.39, 0.29) is 93.2 Å². The van der Waals surface area contributed by atoms with Crippen molar-refractivity contribution in [2.75, 3.05) is 0 Å². The van der Waals surface area contributed by atoms with E-state index >= 15 is 0 Å². The molecule has 7 aromatic heterocycles. The highest BCUT2D eigenvalue weighted by molar-refractivity contribution is 7.12. The minimum absolute atomic E-state index is 0.00258. The number of halogens is 18. The minimum Gasteiger partial charge on any atom is -0.483 e. The molecule has 13 aromatic rings. The molecule has 540 valence electrons. The number of benzene rings is 6. The van der Waals surface area contributed by atoms with Gasteiger partial charge in [-0.15, -0.1) is 10.2 Å². The van der Waals surface area contributed by atoms with E-state index in [1.807, 2.05) is 10.9 Å². The lowest BCUT2D eigenvalue weighted by Crippen LogP contribution is -2.36. The zero-order chi connectivity index (χ0) is 76.0. The first-order valence-corrected chi connectivity index (χ1v) is 31.5. The van der Waals surface area contributed by atoms with Crippen molar-refractivity contribution in [3.8, 4) is 95.4 Å². The highest BCUT2D eigenvalue weighted by Crippen LogP contribution is 2.49. The van der Waals surface area contributed by atoms with Crippen molar-refractivity contribution < 1.29 is 90.5 Å². The fourth-order valence-electron chi connectivity index (χ4n) is 10.0. The lowest BCUT2D eigenvalue weighted by Gasteiger charge is -2.13. The van der Waals surface area contributed by atoms with Crippen LogP contribution in [-0.2, 0) is 28.1 Å². The number of alkyl halides is 9. The molecule has 0 aliphatic heterocycles.